The van der Waals surface area contributed by atoms with Crippen LogP contribution in [-0.4, -0.2) is 22.2 Å². The van der Waals surface area contributed by atoms with Crippen LogP contribution in [0.3, 0.4) is 0 Å². The minimum absolute atomic E-state index is 0.217. The molecule has 3 N–H and O–H groups in total. The van der Waals surface area contributed by atoms with Crippen molar-refractivity contribution in [3.05, 3.63) is 47.5 Å². The maximum Gasteiger partial charge on any atom is 0.251 e. The number of nitrogens with one attached hydrogen (secondary N) is 1. The number of hydrogen-bond donors (Lipinski definition) is 2. The quantitative estimate of drug-likeness (QED) is 0.817. The number of aromatic nitrogens is 2. The molecule has 2 aromatic rings. The molecule has 0 atom stereocenters. The minimum Gasteiger partial charge on any atom is -0.399 e. The molecule has 100 valence electrons. The van der Waals surface area contributed by atoms with Crippen molar-refractivity contribution < 1.29 is 9.18 Å². The second kappa shape index (κ2) is 5.51. The Morgan fingerprint density at radius 2 is 2.26 bits per heavy atom. The van der Waals surface area contributed by atoms with Crippen LogP contribution in [0.15, 0.2) is 30.6 Å². The molecular weight excluding hydrogens is 247 g/mol. The Bertz CT molecular complexity index is 574. The Morgan fingerprint density at radius 3 is 2.89 bits per heavy atom. The van der Waals surface area contributed by atoms with Crippen LogP contribution in [0.1, 0.15) is 15.9 Å². The molecule has 1 heterocycles. The van der Waals surface area contributed by atoms with Crippen molar-refractivity contribution in [2.75, 3.05) is 12.3 Å². The van der Waals surface area contributed by atoms with Gasteiger partial charge in [0.2, 0.25) is 0 Å². The number of amides is 1. The van der Waals surface area contributed by atoms with Crippen molar-refractivity contribution in [3.63, 3.8) is 0 Å². The summed E-state index contributed by atoms with van der Waals surface area (Å²) in [6, 6.07) is 3.77. The van der Waals surface area contributed by atoms with E-state index in [1.807, 2.05) is 13.1 Å². The predicted octanol–water partition coefficient (Wildman–Crippen LogP) is 1.34. The fourth-order valence-corrected chi connectivity index (χ4v) is 1.72. The van der Waals surface area contributed by atoms with E-state index in [0.717, 1.165) is 11.6 Å². The standard InChI is InChI=1S/C13H15FN4O/c1-9-7-17-18(8-9)3-2-16-13(19)10-4-11(14)6-12(15)5-10/h4-8H,2-3,15H2,1H3,(H,16,19). The average Bonchev–Trinajstić information content (AvgIpc) is 2.73. The lowest BCUT2D eigenvalue weighted by molar-refractivity contribution is 0.0951. The van der Waals surface area contributed by atoms with Crippen LogP contribution in [0, 0.1) is 12.7 Å². The topological polar surface area (TPSA) is 72.9 Å². The Morgan fingerprint density at radius 1 is 1.47 bits per heavy atom. The summed E-state index contributed by atoms with van der Waals surface area (Å²) in [5.41, 5.74) is 6.99. The summed E-state index contributed by atoms with van der Waals surface area (Å²) < 4.78 is 14.8. The molecule has 0 fully saturated rings. The molecule has 0 saturated carbocycles. The fraction of sp³-hybridized carbons (Fsp3) is 0.231. The zero-order valence-corrected chi connectivity index (χ0v) is 10.6. The molecular formula is C13H15FN4O. The SMILES string of the molecule is Cc1cnn(CCNC(=O)c2cc(N)cc(F)c2)c1. The van der Waals surface area contributed by atoms with Crippen LogP contribution in [0.2, 0.25) is 0 Å². The molecule has 1 amide bonds. The number of carbonyl (C=O) groups excluding carboxylic acids is 1. The van der Waals surface area contributed by atoms with Crippen molar-refractivity contribution >= 4 is 11.6 Å². The van der Waals surface area contributed by atoms with Crippen molar-refractivity contribution in [3.8, 4) is 0 Å². The predicted molar refractivity (Wildman–Crippen MR) is 70.1 cm³/mol. The summed E-state index contributed by atoms with van der Waals surface area (Å²) in [5, 5.41) is 6.79. The Balaban J connectivity index is 1.90. The van der Waals surface area contributed by atoms with Gasteiger partial charge in [-0.3, -0.25) is 9.48 Å². The number of nitrogen functional groups attached to an aromatic ring is 1. The van der Waals surface area contributed by atoms with Crippen LogP contribution in [0.4, 0.5) is 10.1 Å². The third-order valence-corrected chi connectivity index (χ3v) is 2.57. The number of rotatable bonds is 4. The van der Waals surface area contributed by atoms with Gasteiger partial charge in [-0.05, 0) is 30.7 Å². The molecule has 1 aromatic heterocycles. The average molecular weight is 262 g/mol. The first kappa shape index (κ1) is 13.1. The Kier molecular flexibility index (Phi) is 3.79. The Hall–Kier alpha value is -2.37. The number of halogens is 1. The molecule has 0 aliphatic rings. The zero-order chi connectivity index (χ0) is 13.8. The highest BCUT2D eigenvalue weighted by atomic mass is 19.1. The van der Waals surface area contributed by atoms with Crippen molar-refractivity contribution in [2.45, 2.75) is 13.5 Å². The smallest absolute Gasteiger partial charge is 0.251 e. The number of aryl methyl sites for hydroxylation is 1. The van der Waals surface area contributed by atoms with E-state index in [2.05, 4.69) is 10.4 Å². The molecule has 0 aliphatic heterocycles. The summed E-state index contributed by atoms with van der Waals surface area (Å²) in [7, 11) is 0. The molecule has 2 rings (SSSR count). The van der Waals surface area contributed by atoms with E-state index in [0.29, 0.717) is 13.1 Å². The summed E-state index contributed by atoms with van der Waals surface area (Å²) in [5.74, 6) is -0.872. The van der Waals surface area contributed by atoms with Gasteiger partial charge in [-0.25, -0.2) is 4.39 Å². The number of hydrogen-bond acceptors (Lipinski definition) is 3. The molecule has 5 nitrogen and oxygen atoms in total. The monoisotopic (exact) mass is 262 g/mol. The number of carbonyl (C=O) groups is 1. The van der Waals surface area contributed by atoms with E-state index in [9.17, 15) is 9.18 Å². The molecule has 1 aromatic carbocycles. The van der Waals surface area contributed by atoms with Gasteiger partial charge in [0, 0.05) is 24.0 Å². The molecule has 6 heteroatoms. The fourth-order valence-electron chi connectivity index (χ4n) is 1.72. The normalized spacial score (nSPS) is 10.4. The molecule has 0 radical (unpaired) electrons. The second-order valence-corrected chi connectivity index (χ2v) is 4.31. The van der Waals surface area contributed by atoms with E-state index >= 15 is 0 Å². The second-order valence-electron chi connectivity index (χ2n) is 4.31. The van der Waals surface area contributed by atoms with Crippen LogP contribution >= 0.6 is 0 Å². The van der Waals surface area contributed by atoms with Crippen LogP contribution in [0.5, 0.6) is 0 Å². The van der Waals surface area contributed by atoms with E-state index < -0.39 is 5.82 Å². The van der Waals surface area contributed by atoms with E-state index in [1.54, 1.807) is 10.9 Å². The molecule has 0 unspecified atom stereocenters. The Labute approximate surface area is 110 Å². The highest BCUT2D eigenvalue weighted by molar-refractivity contribution is 5.95. The third-order valence-electron chi connectivity index (χ3n) is 2.57. The van der Waals surface area contributed by atoms with Gasteiger partial charge in [-0.15, -0.1) is 0 Å². The first-order valence-corrected chi connectivity index (χ1v) is 5.88. The van der Waals surface area contributed by atoms with Crippen LogP contribution in [0.25, 0.3) is 0 Å². The largest absolute Gasteiger partial charge is 0.399 e. The summed E-state index contributed by atoms with van der Waals surface area (Å²) in [6.45, 7) is 2.92. The zero-order valence-electron chi connectivity index (χ0n) is 10.6. The van der Waals surface area contributed by atoms with E-state index in [4.69, 9.17) is 5.73 Å². The van der Waals surface area contributed by atoms with Gasteiger partial charge in [0.25, 0.3) is 5.91 Å². The number of benzene rings is 1. The molecule has 0 aliphatic carbocycles. The van der Waals surface area contributed by atoms with Crippen molar-refractivity contribution in [2.24, 2.45) is 0 Å². The van der Waals surface area contributed by atoms with Crippen molar-refractivity contribution in [1.82, 2.24) is 15.1 Å². The third kappa shape index (κ3) is 3.54. The van der Waals surface area contributed by atoms with Gasteiger partial charge in [0.15, 0.2) is 0 Å². The highest BCUT2D eigenvalue weighted by Gasteiger charge is 2.07. The van der Waals surface area contributed by atoms with E-state index in [1.165, 1.54) is 12.1 Å². The molecule has 0 bridgehead atoms. The number of nitrogens with zero attached hydrogens (tertiary/aromatic N) is 2. The number of anilines is 1. The maximum atomic E-state index is 13.1. The summed E-state index contributed by atoms with van der Waals surface area (Å²) >= 11 is 0. The van der Waals surface area contributed by atoms with Gasteiger partial charge >= 0.3 is 0 Å². The molecule has 19 heavy (non-hydrogen) atoms. The highest BCUT2D eigenvalue weighted by Crippen LogP contribution is 2.10. The van der Waals surface area contributed by atoms with E-state index in [-0.39, 0.29) is 17.2 Å². The summed E-state index contributed by atoms with van der Waals surface area (Å²) in [4.78, 5) is 11.8. The minimum atomic E-state index is -0.521. The van der Waals surface area contributed by atoms with Crippen LogP contribution in [-0.2, 0) is 6.54 Å². The lowest BCUT2D eigenvalue weighted by atomic mass is 10.2. The van der Waals surface area contributed by atoms with Gasteiger partial charge in [0.05, 0.1) is 12.7 Å². The number of nitrogens with two attached hydrogens (primary N) is 1. The van der Waals surface area contributed by atoms with Gasteiger partial charge in [-0.2, -0.15) is 5.10 Å². The first-order chi connectivity index (χ1) is 9.04. The lowest BCUT2D eigenvalue weighted by Gasteiger charge is -2.06. The first-order valence-electron chi connectivity index (χ1n) is 5.88. The lowest BCUT2D eigenvalue weighted by Crippen LogP contribution is -2.27. The van der Waals surface area contributed by atoms with Gasteiger partial charge in [-0.1, -0.05) is 0 Å². The van der Waals surface area contributed by atoms with Gasteiger partial charge < -0.3 is 11.1 Å². The van der Waals surface area contributed by atoms with Gasteiger partial charge in [0.1, 0.15) is 5.82 Å². The molecule has 0 saturated heterocycles. The summed E-state index contributed by atoms with van der Waals surface area (Å²) in [6.07, 6.45) is 3.63. The maximum absolute atomic E-state index is 13.1. The van der Waals surface area contributed by atoms with Crippen LogP contribution < -0.4 is 11.1 Å². The molecule has 0 spiro atoms. The van der Waals surface area contributed by atoms with Crippen molar-refractivity contribution in [1.29, 1.82) is 0 Å².